The molecular formula is C12H25N3. The quantitative estimate of drug-likeness (QED) is 0.627. The molecule has 0 spiro atoms. The van der Waals surface area contributed by atoms with Gasteiger partial charge in [-0.15, -0.1) is 0 Å². The largest absolute Gasteiger partial charge is 0.330 e. The van der Waals surface area contributed by atoms with E-state index >= 15 is 0 Å². The summed E-state index contributed by atoms with van der Waals surface area (Å²) in [6, 6.07) is 0.786. The zero-order chi connectivity index (χ0) is 10.5. The summed E-state index contributed by atoms with van der Waals surface area (Å²) in [7, 11) is 0. The fourth-order valence-corrected chi connectivity index (χ4v) is 2.97. The SMILES string of the molecule is NCC(CNC1CCCC1)C1CCNC1. The van der Waals surface area contributed by atoms with Gasteiger partial charge in [0.1, 0.15) is 0 Å². The summed E-state index contributed by atoms with van der Waals surface area (Å²) in [5.74, 6) is 1.49. The van der Waals surface area contributed by atoms with Crippen molar-refractivity contribution in [3.05, 3.63) is 0 Å². The van der Waals surface area contributed by atoms with Crippen LogP contribution in [0.4, 0.5) is 0 Å². The van der Waals surface area contributed by atoms with Gasteiger partial charge in [0.2, 0.25) is 0 Å². The van der Waals surface area contributed by atoms with Gasteiger partial charge in [-0.2, -0.15) is 0 Å². The zero-order valence-electron chi connectivity index (χ0n) is 9.67. The van der Waals surface area contributed by atoms with Gasteiger partial charge in [0.15, 0.2) is 0 Å². The first-order valence-electron chi connectivity index (χ1n) is 6.54. The molecule has 0 aromatic carbocycles. The molecule has 2 rings (SSSR count). The van der Waals surface area contributed by atoms with Gasteiger partial charge < -0.3 is 16.4 Å². The second kappa shape index (κ2) is 5.83. The van der Waals surface area contributed by atoms with Crippen molar-refractivity contribution in [3.63, 3.8) is 0 Å². The van der Waals surface area contributed by atoms with Crippen LogP contribution in [0.15, 0.2) is 0 Å². The van der Waals surface area contributed by atoms with Crippen LogP contribution in [0.3, 0.4) is 0 Å². The Balaban J connectivity index is 1.69. The fraction of sp³-hybridized carbons (Fsp3) is 1.00. The molecule has 0 aromatic rings. The lowest BCUT2D eigenvalue weighted by atomic mass is 9.91. The first-order valence-corrected chi connectivity index (χ1v) is 6.54. The third-order valence-corrected chi connectivity index (χ3v) is 4.09. The molecule has 2 atom stereocenters. The highest BCUT2D eigenvalue weighted by molar-refractivity contribution is 4.82. The van der Waals surface area contributed by atoms with E-state index < -0.39 is 0 Å². The maximum Gasteiger partial charge on any atom is 0.00671 e. The van der Waals surface area contributed by atoms with Gasteiger partial charge in [0.05, 0.1) is 0 Å². The zero-order valence-corrected chi connectivity index (χ0v) is 9.67. The van der Waals surface area contributed by atoms with Gasteiger partial charge >= 0.3 is 0 Å². The molecule has 0 radical (unpaired) electrons. The summed E-state index contributed by atoms with van der Waals surface area (Å²) in [4.78, 5) is 0. The normalized spacial score (nSPS) is 29.8. The molecule has 0 aromatic heterocycles. The molecule has 0 amide bonds. The van der Waals surface area contributed by atoms with E-state index in [9.17, 15) is 0 Å². The number of rotatable bonds is 5. The minimum absolute atomic E-state index is 0.681. The third-order valence-electron chi connectivity index (χ3n) is 4.09. The Labute approximate surface area is 93.2 Å². The van der Waals surface area contributed by atoms with E-state index in [1.54, 1.807) is 0 Å². The summed E-state index contributed by atoms with van der Waals surface area (Å²) in [6.07, 6.45) is 6.89. The maximum absolute atomic E-state index is 5.87. The molecule has 2 fully saturated rings. The van der Waals surface area contributed by atoms with E-state index in [1.807, 2.05) is 0 Å². The van der Waals surface area contributed by atoms with Crippen LogP contribution < -0.4 is 16.4 Å². The Morgan fingerprint density at radius 1 is 1.27 bits per heavy atom. The van der Waals surface area contributed by atoms with Crippen LogP contribution in [-0.2, 0) is 0 Å². The first-order chi connectivity index (χ1) is 7.40. The summed E-state index contributed by atoms with van der Waals surface area (Å²) in [5.41, 5.74) is 5.87. The van der Waals surface area contributed by atoms with Crippen molar-refractivity contribution >= 4 is 0 Å². The molecule has 0 bridgehead atoms. The number of nitrogens with two attached hydrogens (primary N) is 1. The van der Waals surface area contributed by atoms with Crippen LogP contribution in [0.2, 0.25) is 0 Å². The lowest BCUT2D eigenvalue weighted by Gasteiger charge is -2.23. The molecule has 1 aliphatic heterocycles. The van der Waals surface area contributed by atoms with Gasteiger partial charge in [-0.1, -0.05) is 12.8 Å². The van der Waals surface area contributed by atoms with Crippen molar-refractivity contribution in [3.8, 4) is 0 Å². The van der Waals surface area contributed by atoms with Gasteiger partial charge in [0, 0.05) is 6.04 Å². The standard InChI is InChI=1S/C12H25N3/c13-7-11(10-5-6-14-8-10)9-15-12-3-1-2-4-12/h10-12,14-15H,1-9,13H2. The third kappa shape index (κ3) is 3.16. The average Bonchev–Trinajstić information content (AvgIpc) is 2.90. The van der Waals surface area contributed by atoms with Crippen molar-refractivity contribution in [2.24, 2.45) is 17.6 Å². The Bertz CT molecular complexity index is 172. The first kappa shape index (κ1) is 11.4. The highest BCUT2D eigenvalue weighted by Gasteiger charge is 2.24. The van der Waals surface area contributed by atoms with Gasteiger partial charge in [-0.25, -0.2) is 0 Å². The van der Waals surface area contributed by atoms with E-state index in [2.05, 4.69) is 10.6 Å². The smallest absolute Gasteiger partial charge is 0.00671 e. The second-order valence-corrected chi connectivity index (χ2v) is 5.14. The van der Waals surface area contributed by atoms with E-state index in [1.165, 1.54) is 45.2 Å². The van der Waals surface area contributed by atoms with Gasteiger partial charge in [-0.05, 0) is 57.3 Å². The molecule has 1 heterocycles. The van der Waals surface area contributed by atoms with Crippen molar-refractivity contribution in [2.75, 3.05) is 26.2 Å². The number of nitrogens with one attached hydrogen (secondary N) is 2. The molecule has 2 aliphatic rings. The average molecular weight is 211 g/mol. The van der Waals surface area contributed by atoms with Crippen molar-refractivity contribution in [1.82, 2.24) is 10.6 Å². The minimum Gasteiger partial charge on any atom is -0.330 e. The summed E-state index contributed by atoms with van der Waals surface area (Å²) >= 11 is 0. The van der Waals surface area contributed by atoms with Crippen LogP contribution in [-0.4, -0.2) is 32.2 Å². The Morgan fingerprint density at radius 3 is 2.67 bits per heavy atom. The van der Waals surface area contributed by atoms with E-state index in [4.69, 9.17) is 5.73 Å². The highest BCUT2D eigenvalue weighted by atomic mass is 14.9. The Kier molecular flexibility index (Phi) is 4.42. The molecule has 3 heteroatoms. The molecular weight excluding hydrogens is 186 g/mol. The van der Waals surface area contributed by atoms with Gasteiger partial charge in [0.25, 0.3) is 0 Å². The van der Waals surface area contributed by atoms with Crippen LogP contribution in [0.5, 0.6) is 0 Å². The van der Waals surface area contributed by atoms with Crippen LogP contribution >= 0.6 is 0 Å². The summed E-state index contributed by atoms with van der Waals surface area (Å²) < 4.78 is 0. The lowest BCUT2D eigenvalue weighted by molar-refractivity contribution is 0.330. The Morgan fingerprint density at radius 2 is 2.07 bits per heavy atom. The Hall–Kier alpha value is -0.120. The van der Waals surface area contributed by atoms with Crippen molar-refractivity contribution in [1.29, 1.82) is 0 Å². The molecule has 3 nitrogen and oxygen atoms in total. The minimum atomic E-state index is 0.681. The molecule has 15 heavy (non-hydrogen) atoms. The molecule has 1 saturated heterocycles. The molecule has 1 aliphatic carbocycles. The lowest BCUT2D eigenvalue weighted by Crippen LogP contribution is -2.38. The molecule has 1 saturated carbocycles. The topological polar surface area (TPSA) is 50.1 Å². The van der Waals surface area contributed by atoms with Crippen LogP contribution in [0.1, 0.15) is 32.1 Å². The van der Waals surface area contributed by atoms with Crippen molar-refractivity contribution < 1.29 is 0 Å². The monoisotopic (exact) mass is 211 g/mol. The predicted molar refractivity (Wildman–Crippen MR) is 63.8 cm³/mol. The summed E-state index contributed by atoms with van der Waals surface area (Å²) in [6.45, 7) is 4.33. The van der Waals surface area contributed by atoms with Gasteiger partial charge in [-0.3, -0.25) is 0 Å². The summed E-state index contributed by atoms with van der Waals surface area (Å²) in [5, 5.41) is 7.13. The van der Waals surface area contributed by atoms with Crippen LogP contribution in [0, 0.1) is 11.8 Å². The predicted octanol–water partition coefficient (Wildman–Crippen LogP) is 0.703. The second-order valence-electron chi connectivity index (χ2n) is 5.14. The van der Waals surface area contributed by atoms with E-state index in [-0.39, 0.29) is 0 Å². The van der Waals surface area contributed by atoms with E-state index in [0.29, 0.717) is 5.92 Å². The maximum atomic E-state index is 5.87. The van der Waals surface area contributed by atoms with E-state index in [0.717, 1.165) is 25.0 Å². The molecule has 88 valence electrons. The fourth-order valence-electron chi connectivity index (χ4n) is 2.97. The van der Waals surface area contributed by atoms with Crippen molar-refractivity contribution in [2.45, 2.75) is 38.1 Å². The molecule has 2 unspecified atom stereocenters. The number of hydrogen-bond donors (Lipinski definition) is 3. The van der Waals surface area contributed by atoms with Crippen LogP contribution in [0.25, 0.3) is 0 Å². The molecule has 4 N–H and O–H groups in total. The number of hydrogen-bond acceptors (Lipinski definition) is 3. The highest BCUT2D eigenvalue weighted by Crippen LogP contribution is 2.20.